The van der Waals surface area contributed by atoms with E-state index in [0.29, 0.717) is 54.6 Å². The Labute approximate surface area is 213 Å². The van der Waals surface area contributed by atoms with Gasteiger partial charge in [-0.1, -0.05) is 0 Å². The van der Waals surface area contributed by atoms with Crippen LogP contribution in [-0.4, -0.2) is 57.8 Å². The number of ether oxygens (including phenoxy) is 1. The lowest BCUT2D eigenvalue weighted by Gasteiger charge is -2.39. The molecule has 2 fully saturated rings. The van der Waals surface area contributed by atoms with E-state index in [2.05, 4.69) is 20.3 Å². The predicted molar refractivity (Wildman–Crippen MR) is 135 cm³/mol. The quantitative estimate of drug-likeness (QED) is 0.447. The van der Waals surface area contributed by atoms with E-state index >= 15 is 0 Å². The molecule has 2 saturated heterocycles. The molecule has 1 N–H and O–H groups in total. The summed E-state index contributed by atoms with van der Waals surface area (Å²) < 4.78 is 19.7. The highest BCUT2D eigenvalue weighted by molar-refractivity contribution is 7.17. The molecule has 2 aliphatic rings. The number of fused-ring (bicyclic) bond motifs is 1. The molecule has 8 nitrogen and oxygen atoms in total. The summed E-state index contributed by atoms with van der Waals surface area (Å²) in [5.41, 5.74) is 1.70. The summed E-state index contributed by atoms with van der Waals surface area (Å²) >= 11 is 1.43. The topological polar surface area (TPSA) is 97.3 Å². The minimum absolute atomic E-state index is 0.154. The summed E-state index contributed by atoms with van der Waals surface area (Å²) in [4.78, 5) is 40.5. The van der Waals surface area contributed by atoms with Crippen LogP contribution in [0.5, 0.6) is 0 Å². The monoisotopic (exact) mass is 511 g/mol. The number of hydrogen-bond donors (Lipinski definition) is 1. The fourth-order valence-electron chi connectivity index (χ4n) is 4.85. The molecule has 1 atom stereocenters. The summed E-state index contributed by atoms with van der Waals surface area (Å²) in [6, 6.07) is 2.96. The SMILES string of the molecule is C[C@H](Nc1nc(C(=O)N2CC(CC(=O)CCC3CCOCC3)C2)c2sccc2n1)c1cncc(F)c1. The molecule has 3 aromatic heterocycles. The molecule has 0 spiro atoms. The lowest BCUT2D eigenvalue weighted by atomic mass is 9.89. The molecule has 0 aliphatic carbocycles. The number of halogens is 1. The zero-order valence-electron chi connectivity index (χ0n) is 20.3. The molecule has 0 saturated carbocycles. The number of aromatic nitrogens is 3. The lowest BCUT2D eigenvalue weighted by molar-refractivity contribution is -0.121. The van der Waals surface area contributed by atoms with Crippen LogP contribution in [0, 0.1) is 17.7 Å². The van der Waals surface area contributed by atoms with Crippen molar-refractivity contribution in [3.05, 3.63) is 47.0 Å². The number of pyridine rings is 1. The summed E-state index contributed by atoms with van der Waals surface area (Å²) in [5.74, 6) is 0.820. The summed E-state index contributed by atoms with van der Waals surface area (Å²) in [7, 11) is 0. The number of rotatable bonds is 9. The van der Waals surface area contributed by atoms with Gasteiger partial charge in [-0.25, -0.2) is 14.4 Å². The number of hydrogen-bond acceptors (Lipinski definition) is 8. The van der Waals surface area contributed by atoms with Gasteiger partial charge in [0.1, 0.15) is 11.6 Å². The molecule has 5 heterocycles. The fourth-order valence-corrected chi connectivity index (χ4v) is 5.67. The van der Waals surface area contributed by atoms with E-state index in [-0.39, 0.29) is 23.7 Å². The van der Waals surface area contributed by atoms with Crippen molar-refractivity contribution in [2.24, 2.45) is 11.8 Å². The number of nitrogens with one attached hydrogen (secondary N) is 1. The maximum absolute atomic E-state index is 13.6. The number of thiophene rings is 1. The highest BCUT2D eigenvalue weighted by Gasteiger charge is 2.34. The zero-order valence-corrected chi connectivity index (χ0v) is 21.1. The molecule has 5 rings (SSSR count). The molecule has 2 aliphatic heterocycles. The first-order valence-corrected chi connectivity index (χ1v) is 13.3. The van der Waals surface area contributed by atoms with Crippen molar-refractivity contribution in [2.45, 2.75) is 45.1 Å². The first kappa shape index (κ1) is 24.7. The number of carbonyl (C=O) groups excluding carboxylic acids is 2. The largest absolute Gasteiger partial charge is 0.381 e. The molecular weight excluding hydrogens is 481 g/mol. The van der Waals surface area contributed by atoms with Crippen LogP contribution in [0.25, 0.3) is 10.2 Å². The normalized spacial score (nSPS) is 17.7. The lowest BCUT2D eigenvalue weighted by Crippen LogP contribution is -2.50. The first-order chi connectivity index (χ1) is 17.5. The van der Waals surface area contributed by atoms with Gasteiger partial charge in [-0.2, -0.15) is 0 Å². The second-order valence-corrected chi connectivity index (χ2v) is 10.7. The van der Waals surface area contributed by atoms with Gasteiger partial charge < -0.3 is 15.0 Å². The molecule has 3 aromatic rings. The highest BCUT2D eigenvalue weighted by Crippen LogP contribution is 2.29. The Morgan fingerprint density at radius 1 is 1.22 bits per heavy atom. The third-order valence-electron chi connectivity index (χ3n) is 7.01. The van der Waals surface area contributed by atoms with Crippen molar-refractivity contribution in [1.29, 1.82) is 0 Å². The highest BCUT2D eigenvalue weighted by atomic mass is 32.1. The van der Waals surface area contributed by atoms with Gasteiger partial charge in [0, 0.05) is 51.3 Å². The molecule has 0 unspecified atom stereocenters. The standard InChI is InChI=1S/C26H30FN5O3S/c1-16(19-11-20(27)13-28-12-19)29-26-30-22-6-9-36-24(22)23(31-26)25(34)32-14-18(15-32)10-21(33)3-2-17-4-7-35-8-5-17/h6,9,11-13,16-18H,2-5,7-8,10,14-15H2,1H3,(H,29,30,31)/t16-/m0/s1. The number of nitrogens with zero attached hydrogens (tertiary/aromatic N) is 4. The minimum atomic E-state index is -0.416. The fraction of sp³-hybridized carbons (Fsp3) is 0.500. The van der Waals surface area contributed by atoms with Crippen LogP contribution in [-0.2, 0) is 9.53 Å². The van der Waals surface area contributed by atoms with E-state index in [4.69, 9.17) is 4.74 Å². The van der Waals surface area contributed by atoms with Gasteiger partial charge in [0.2, 0.25) is 5.95 Å². The van der Waals surface area contributed by atoms with Crippen molar-refractivity contribution < 1.29 is 18.7 Å². The maximum atomic E-state index is 13.6. The number of amides is 1. The Kier molecular flexibility index (Phi) is 7.52. The third-order valence-corrected chi connectivity index (χ3v) is 7.92. The van der Waals surface area contributed by atoms with Crippen LogP contribution in [0.4, 0.5) is 10.3 Å². The van der Waals surface area contributed by atoms with Crippen molar-refractivity contribution in [1.82, 2.24) is 19.9 Å². The Morgan fingerprint density at radius 3 is 2.81 bits per heavy atom. The van der Waals surface area contributed by atoms with Gasteiger partial charge in [0.25, 0.3) is 5.91 Å². The van der Waals surface area contributed by atoms with Gasteiger partial charge in [-0.05, 0) is 55.2 Å². The van der Waals surface area contributed by atoms with Crippen LogP contribution in [0.3, 0.4) is 0 Å². The van der Waals surface area contributed by atoms with E-state index in [1.165, 1.54) is 17.4 Å². The van der Waals surface area contributed by atoms with Gasteiger partial charge in [0.15, 0.2) is 5.69 Å². The van der Waals surface area contributed by atoms with E-state index in [1.54, 1.807) is 11.1 Å². The van der Waals surface area contributed by atoms with E-state index < -0.39 is 5.82 Å². The Balaban J connectivity index is 1.19. The number of anilines is 1. The molecular formula is C26H30FN5O3S. The molecule has 0 radical (unpaired) electrons. The predicted octanol–water partition coefficient (Wildman–Crippen LogP) is 4.64. The average Bonchev–Trinajstić information content (AvgIpc) is 3.33. The van der Waals surface area contributed by atoms with Crippen molar-refractivity contribution in [3.63, 3.8) is 0 Å². The van der Waals surface area contributed by atoms with E-state index in [9.17, 15) is 14.0 Å². The smallest absolute Gasteiger partial charge is 0.274 e. The Bertz CT molecular complexity index is 1240. The molecule has 0 bridgehead atoms. The van der Waals surface area contributed by atoms with Gasteiger partial charge in [-0.3, -0.25) is 14.6 Å². The summed E-state index contributed by atoms with van der Waals surface area (Å²) in [6.07, 6.45) is 6.91. The van der Waals surface area contributed by atoms with E-state index in [1.807, 2.05) is 18.4 Å². The Hall–Kier alpha value is -2.98. The molecule has 36 heavy (non-hydrogen) atoms. The number of Topliss-reactive ketones (excluding diaryl/α,β-unsaturated/α-hetero) is 1. The van der Waals surface area contributed by atoms with Gasteiger partial charge in [-0.15, -0.1) is 11.3 Å². The second kappa shape index (κ2) is 11.0. The van der Waals surface area contributed by atoms with Crippen LogP contribution >= 0.6 is 11.3 Å². The summed E-state index contributed by atoms with van der Waals surface area (Å²) in [6.45, 7) is 4.59. The third kappa shape index (κ3) is 5.70. The number of carbonyl (C=O) groups is 2. The van der Waals surface area contributed by atoms with Crippen molar-refractivity contribution in [2.75, 3.05) is 31.6 Å². The van der Waals surface area contributed by atoms with Gasteiger partial charge >= 0.3 is 0 Å². The van der Waals surface area contributed by atoms with Crippen molar-refractivity contribution in [3.8, 4) is 0 Å². The minimum Gasteiger partial charge on any atom is -0.381 e. The maximum Gasteiger partial charge on any atom is 0.274 e. The number of ketones is 1. The molecule has 190 valence electrons. The molecule has 1 amide bonds. The summed E-state index contributed by atoms with van der Waals surface area (Å²) in [5, 5.41) is 5.05. The second-order valence-electron chi connectivity index (χ2n) is 9.75. The van der Waals surface area contributed by atoms with E-state index in [0.717, 1.165) is 43.4 Å². The van der Waals surface area contributed by atoms with Gasteiger partial charge in [0.05, 0.1) is 22.5 Å². The number of likely N-dealkylation sites (tertiary alicyclic amines) is 1. The average molecular weight is 512 g/mol. The Morgan fingerprint density at radius 2 is 2.03 bits per heavy atom. The zero-order chi connectivity index (χ0) is 25.1. The van der Waals surface area contributed by atoms with Crippen LogP contribution in [0.2, 0.25) is 0 Å². The van der Waals surface area contributed by atoms with Crippen LogP contribution < -0.4 is 5.32 Å². The molecule has 0 aromatic carbocycles. The van der Waals surface area contributed by atoms with Crippen LogP contribution in [0.1, 0.15) is 61.1 Å². The van der Waals surface area contributed by atoms with Crippen molar-refractivity contribution >= 4 is 39.2 Å². The molecule has 10 heteroatoms. The first-order valence-electron chi connectivity index (χ1n) is 12.5. The van der Waals surface area contributed by atoms with Crippen LogP contribution in [0.15, 0.2) is 29.9 Å².